The molecule has 1 N–H and O–H groups in total. The van der Waals surface area contributed by atoms with Crippen LogP contribution >= 0.6 is 0 Å². The third-order valence-corrected chi connectivity index (χ3v) is 4.79. The lowest BCUT2D eigenvalue weighted by Crippen LogP contribution is -2.41. The second kappa shape index (κ2) is 9.93. The summed E-state index contributed by atoms with van der Waals surface area (Å²) in [7, 11) is 2.59. The highest BCUT2D eigenvalue weighted by atomic mass is 19.3. The maximum absolute atomic E-state index is 12.6. The molecule has 8 heteroatoms. The number of hydrogen-bond donors (Lipinski definition) is 1. The molecule has 0 radical (unpaired) electrons. The summed E-state index contributed by atoms with van der Waals surface area (Å²) in [4.78, 5) is 12.5. The van der Waals surface area contributed by atoms with E-state index in [1.54, 1.807) is 0 Å². The lowest BCUT2D eigenvalue weighted by Gasteiger charge is -2.29. The van der Waals surface area contributed by atoms with Gasteiger partial charge in [-0.15, -0.1) is 0 Å². The summed E-state index contributed by atoms with van der Waals surface area (Å²) in [5, 5.41) is 12.3. The Hall–Kier alpha value is -2.82. The zero-order valence-electron chi connectivity index (χ0n) is 16.1. The quantitative estimate of drug-likeness (QED) is 0.560. The Morgan fingerprint density at radius 1 is 1.25 bits per heavy atom. The number of methoxy groups -OCH3 is 2. The number of nitriles is 1. The van der Waals surface area contributed by atoms with Crippen LogP contribution in [0.4, 0.5) is 8.78 Å². The largest absolute Gasteiger partial charge is 0.493 e. The molecule has 2 atom stereocenters. The summed E-state index contributed by atoms with van der Waals surface area (Å²) in [6.07, 6.45) is 5.46. The molecule has 1 aromatic rings. The summed E-state index contributed by atoms with van der Waals surface area (Å²) in [5.74, 6) is -0.360. The summed E-state index contributed by atoms with van der Waals surface area (Å²) in [5.41, 5.74) is 0.295. The molecule has 0 spiro atoms. The predicted octanol–water partition coefficient (Wildman–Crippen LogP) is 3.91. The normalized spacial score (nSPS) is 19.7. The second-order valence-corrected chi connectivity index (χ2v) is 6.64. The SMILES string of the molecule is COc1cc(/C=C(\C#N)C(=O)N[C@H]2CCCC[C@H]2C)cc(OC)c1OC(F)F. The Kier molecular flexibility index (Phi) is 7.61. The van der Waals surface area contributed by atoms with Gasteiger partial charge in [0.2, 0.25) is 5.75 Å². The lowest BCUT2D eigenvalue weighted by atomic mass is 9.86. The van der Waals surface area contributed by atoms with Crippen molar-refractivity contribution in [3.8, 4) is 23.3 Å². The molecule has 1 saturated carbocycles. The smallest absolute Gasteiger partial charge is 0.387 e. The first-order valence-corrected chi connectivity index (χ1v) is 9.03. The van der Waals surface area contributed by atoms with Crippen LogP contribution in [0.25, 0.3) is 6.08 Å². The molecule has 1 aliphatic carbocycles. The van der Waals surface area contributed by atoms with Gasteiger partial charge >= 0.3 is 6.61 Å². The molecule has 0 heterocycles. The van der Waals surface area contributed by atoms with Crippen LogP contribution in [0.5, 0.6) is 17.2 Å². The number of nitrogens with one attached hydrogen (secondary N) is 1. The van der Waals surface area contributed by atoms with Gasteiger partial charge in [-0.3, -0.25) is 4.79 Å². The Balaban J connectivity index is 2.30. The summed E-state index contributed by atoms with van der Waals surface area (Å²) in [6, 6.07) is 4.72. The maximum Gasteiger partial charge on any atom is 0.387 e. The topological polar surface area (TPSA) is 80.6 Å². The molecule has 0 saturated heterocycles. The highest BCUT2D eigenvalue weighted by Crippen LogP contribution is 2.40. The first-order chi connectivity index (χ1) is 13.4. The lowest BCUT2D eigenvalue weighted by molar-refractivity contribution is -0.118. The van der Waals surface area contributed by atoms with E-state index in [0.717, 1.165) is 25.7 Å². The average Bonchev–Trinajstić information content (AvgIpc) is 2.67. The molecule has 28 heavy (non-hydrogen) atoms. The van der Waals surface area contributed by atoms with Crippen LogP contribution < -0.4 is 19.5 Å². The minimum absolute atomic E-state index is 0.00417. The van der Waals surface area contributed by atoms with Crippen molar-refractivity contribution in [2.24, 2.45) is 5.92 Å². The molecule has 0 bridgehead atoms. The van der Waals surface area contributed by atoms with E-state index in [1.165, 1.54) is 32.4 Å². The summed E-state index contributed by atoms with van der Waals surface area (Å²) >= 11 is 0. The van der Waals surface area contributed by atoms with E-state index in [1.807, 2.05) is 6.07 Å². The number of amides is 1. The molecule has 152 valence electrons. The minimum atomic E-state index is -3.05. The highest BCUT2D eigenvalue weighted by Gasteiger charge is 2.24. The number of ether oxygens (including phenoxy) is 3. The number of hydrogen-bond acceptors (Lipinski definition) is 5. The van der Waals surface area contributed by atoms with Crippen molar-refractivity contribution in [2.45, 2.75) is 45.3 Å². The molecule has 1 aromatic carbocycles. The van der Waals surface area contributed by atoms with E-state index in [4.69, 9.17) is 9.47 Å². The van der Waals surface area contributed by atoms with Gasteiger partial charge in [0, 0.05) is 6.04 Å². The van der Waals surface area contributed by atoms with Gasteiger partial charge in [-0.1, -0.05) is 19.8 Å². The van der Waals surface area contributed by atoms with E-state index in [2.05, 4.69) is 17.0 Å². The number of halogens is 2. The number of nitrogens with zero attached hydrogens (tertiary/aromatic N) is 1. The van der Waals surface area contributed by atoms with Gasteiger partial charge in [-0.25, -0.2) is 0 Å². The summed E-state index contributed by atoms with van der Waals surface area (Å²) in [6.45, 7) is -0.973. The molecule has 0 unspecified atom stereocenters. The van der Waals surface area contributed by atoms with E-state index in [9.17, 15) is 18.8 Å². The van der Waals surface area contributed by atoms with Crippen LogP contribution in [0.1, 0.15) is 38.2 Å². The third-order valence-electron chi connectivity index (χ3n) is 4.79. The van der Waals surface area contributed by atoms with Crippen molar-refractivity contribution in [1.82, 2.24) is 5.32 Å². The van der Waals surface area contributed by atoms with Crippen molar-refractivity contribution in [3.63, 3.8) is 0 Å². The van der Waals surface area contributed by atoms with Crippen molar-refractivity contribution in [2.75, 3.05) is 14.2 Å². The molecule has 0 aromatic heterocycles. The Bertz CT molecular complexity index is 749. The fraction of sp³-hybridized carbons (Fsp3) is 0.500. The van der Waals surface area contributed by atoms with Crippen molar-refractivity contribution in [1.29, 1.82) is 5.26 Å². The first kappa shape index (κ1) is 21.5. The first-order valence-electron chi connectivity index (χ1n) is 9.03. The Morgan fingerprint density at radius 2 is 1.86 bits per heavy atom. The van der Waals surface area contributed by atoms with Crippen LogP contribution in [-0.4, -0.2) is 32.8 Å². The maximum atomic E-state index is 12.6. The number of rotatable bonds is 7. The highest BCUT2D eigenvalue weighted by molar-refractivity contribution is 6.02. The van der Waals surface area contributed by atoms with Crippen molar-refractivity contribution in [3.05, 3.63) is 23.3 Å². The Labute approximate surface area is 163 Å². The van der Waals surface area contributed by atoms with E-state index in [0.29, 0.717) is 11.5 Å². The van der Waals surface area contributed by atoms with Gasteiger partial charge in [-0.2, -0.15) is 14.0 Å². The molecule has 1 aliphatic rings. The molecule has 6 nitrogen and oxygen atoms in total. The average molecular weight is 394 g/mol. The molecular formula is C20H24F2N2O4. The van der Waals surface area contributed by atoms with E-state index < -0.39 is 12.5 Å². The third kappa shape index (κ3) is 5.35. The zero-order chi connectivity index (χ0) is 20.7. The zero-order valence-corrected chi connectivity index (χ0v) is 16.1. The summed E-state index contributed by atoms with van der Waals surface area (Å²) < 4.78 is 39.9. The van der Waals surface area contributed by atoms with E-state index in [-0.39, 0.29) is 28.9 Å². The van der Waals surface area contributed by atoms with Crippen LogP contribution in [0.3, 0.4) is 0 Å². The van der Waals surface area contributed by atoms with Crippen molar-refractivity contribution >= 4 is 12.0 Å². The van der Waals surface area contributed by atoms with Crippen LogP contribution in [0.15, 0.2) is 17.7 Å². The monoisotopic (exact) mass is 394 g/mol. The van der Waals surface area contributed by atoms with Crippen LogP contribution in [0.2, 0.25) is 0 Å². The number of carbonyl (C=O) groups excluding carboxylic acids is 1. The molecule has 0 aliphatic heterocycles. The van der Waals surface area contributed by atoms with Gasteiger partial charge in [-0.05, 0) is 42.5 Å². The fourth-order valence-electron chi connectivity index (χ4n) is 3.28. The van der Waals surface area contributed by atoms with Crippen LogP contribution in [-0.2, 0) is 4.79 Å². The van der Waals surface area contributed by atoms with Gasteiger partial charge < -0.3 is 19.5 Å². The van der Waals surface area contributed by atoms with Crippen molar-refractivity contribution < 1.29 is 27.8 Å². The standard InChI is InChI=1S/C20H24F2N2O4/c1-12-6-4-5-7-15(12)24-19(25)14(11-23)8-13-9-16(26-2)18(28-20(21)22)17(10-13)27-3/h8-10,12,15,20H,4-7H2,1-3H3,(H,24,25)/b14-8+/t12-,15+/m1/s1. The molecule has 1 amide bonds. The van der Waals surface area contributed by atoms with Gasteiger partial charge in [0.25, 0.3) is 5.91 Å². The van der Waals surface area contributed by atoms with Crippen LogP contribution in [0, 0.1) is 17.2 Å². The number of alkyl halides is 2. The van der Waals surface area contributed by atoms with Gasteiger partial charge in [0.05, 0.1) is 14.2 Å². The Morgan fingerprint density at radius 3 is 2.36 bits per heavy atom. The fourth-order valence-corrected chi connectivity index (χ4v) is 3.28. The molecule has 2 rings (SSSR count). The minimum Gasteiger partial charge on any atom is -0.493 e. The number of carbonyl (C=O) groups is 1. The van der Waals surface area contributed by atoms with Gasteiger partial charge in [0.1, 0.15) is 11.6 Å². The predicted molar refractivity (Wildman–Crippen MR) is 99.3 cm³/mol. The van der Waals surface area contributed by atoms with E-state index >= 15 is 0 Å². The molecular weight excluding hydrogens is 370 g/mol. The molecule has 1 fully saturated rings. The van der Waals surface area contributed by atoms with Gasteiger partial charge in [0.15, 0.2) is 11.5 Å². The number of benzene rings is 1. The second-order valence-electron chi connectivity index (χ2n) is 6.64.